The summed E-state index contributed by atoms with van der Waals surface area (Å²) in [5.74, 6) is 1.06. The average molecular weight is 459 g/mol. The zero-order chi connectivity index (χ0) is 23.3. The van der Waals surface area contributed by atoms with Crippen LogP contribution in [-0.2, 0) is 4.79 Å². The summed E-state index contributed by atoms with van der Waals surface area (Å²) in [6.07, 6.45) is 0.903. The first-order chi connectivity index (χ1) is 15.3. The van der Waals surface area contributed by atoms with Gasteiger partial charge in [-0.2, -0.15) is 0 Å². The van der Waals surface area contributed by atoms with E-state index in [2.05, 4.69) is 19.2 Å². The minimum absolute atomic E-state index is 0.0464. The summed E-state index contributed by atoms with van der Waals surface area (Å²) >= 11 is 6.09. The first-order valence-corrected chi connectivity index (χ1v) is 11.3. The van der Waals surface area contributed by atoms with E-state index in [1.165, 1.54) is 0 Å². The SMILES string of the molecule is COc1ccc([C@H]2CN(C(=O)c3cccc(Cl)c3)C[C@@H]2C(=O)NCCC(C)C)c(OC)c1. The summed E-state index contributed by atoms with van der Waals surface area (Å²) in [4.78, 5) is 28.1. The van der Waals surface area contributed by atoms with Crippen molar-refractivity contribution in [3.63, 3.8) is 0 Å². The molecule has 0 spiro atoms. The highest BCUT2D eigenvalue weighted by Gasteiger charge is 2.41. The van der Waals surface area contributed by atoms with Crippen molar-refractivity contribution in [2.75, 3.05) is 33.9 Å². The molecule has 1 N–H and O–H groups in total. The summed E-state index contributed by atoms with van der Waals surface area (Å²) in [5.41, 5.74) is 1.40. The molecule has 1 saturated heterocycles. The normalized spacial score (nSPS) is 18.0. The number of hydrogen-bond donors (Lipinski definition) is 1. The van der Waals surface area contributed by atoms with Gasteiger partial charge >= 0.3 is 0 Å². The molecular weight excluding hydrogens is 428 g/mol. The van der Waals surface area contributed by atoms with Gasteiger partial charge in [0.1, 0.15) is 11.5 Å². The van der Waals surface area contributed by atoms with Gasteiger partial charge < -0.3 is 19.7 Å². The molecule has 7 heteroatoms. The van der Waals surface area contributed by atoms with Crippen molar-refractivity contribution in [3.8, 4) is 11.5 Å². The standard InChI is InChI=1S/C25H31ClN2O4/c1-16(2)10-11-27-24(29)22-15-28(25(30)17-6-5-7-18(26)12-17)14-21(22)20-9-8-19(31-3)13-23(20)32-4/h5-9,12-13,16,21-22H,10-11,14-15H2,1-4H3,(H,27,29)/t21-,22+/m1/s1. The van der Waals surface area contributed by atoms with E-state index in [-0.39, 0.29) is 23.7 Å². The highest BCUT2D eigenvalue weighted by molar-refractivity contribution is 6.30. The topological polar surface area (TPSA) is 67.9 Å². The smallest absolute Gasteiger partial charge is 0.253 e. The molecule has 1 heterocycles. The molecule has 2 atom stereocenters. The fourth-order valence-electron chi connectivity index (χ4n) is 4.09. The first-order valence-electron chi connectivity index (χ1n) is 10.9. The second-order valence-corrected chi connectivity index (χ2v) is 8.95. The van der Waals surface area contributed by atoms with Crippen molar-refractivity contribution in [3.05, 3.63) is 58.6 Å². The Hall–Kier alpha value is -2.73. The predicted molar refractivity (Wildman–Crippen MR) is 126 cm³/mol. The number of rotatable bonds is 8. The highest BCUT2D eigenvalue weighted by atomic mass is 35.5. The highest BCUT2D eigenvalue weighted by Crippen LogP contribution is 2.39. The molecule has 0 aliphatic carbocycles. The van der Waals surface area contributed by atoms with E-state index >= 15 is 0 Å². The maximum Gasteiger partial charge on any atom is 0.253 e. The third-order valence-electron chi connectivity index (χ3n) is 5.88. The van der Waals surface area contributed by atoms with Crippen LogP contribution in [0.5, 0.6) is 11.5 Å². The first kappa shape index (κ1) is 23.9. The molecule has 6 nitrogen and oxygen atoms in total. The van der Waals surface area contributed by atoms with Crippen molar-refractivity contribution in [2.45, 2.75) is 26.2 Å². The molecule has 2 aromatic carbocycles. The molecule has 32 heavy (non-hydrogen) atoms. The van der Waals surface area contributed by atoms with Gasteiger partial charge in [0.15, 0.2) is 0 Å². The third-order valence-corrected chi connectivity index (χ3v) is 6.11. The molecule has 3 rings (SSSR count). The summed E-state index contributed by atoms with van der Waals surface area (Å²) in [7, 11) is 3.19. The number of ether oxygens (including phenoxy) is 2. The Morgan fingerprint density at radius 1 is 1.12 bits per heavy atom. The van der Waals surface area contributed by atoms with Crippen LogP contribution in [0.4, 0.5) is 0 Å². The van der Waals surface area contributed by atoms with Gasteiger partial charge in [-0.05, 0) is 36.6 Å². The lowest BCUT2D eigenvalue weighted by atomic mass is 9.87. The van der Waals surface area contributed by atoms with E-state index in [9.17, 15) is 9.59 Å². The van der Waals surface area contributed by atoms with E-state index in [0.29, 0.717) is 47.6 Å². The fourth-order valence-corrected chi connectivity index (χ4v) is 4.28. The van der Waals surface area contributed by atoms with Crippen LogP contribution in [0.15, 0.2) is 42.5 Å². The maximum absolute atomic E-state index is 13.2. The number of carbonyl (C=O) groups excluding carboxylic acids is 2. The van der Waals surface area contributed by atoms with Gasteiger partial charge in [0.25, 0.3) is 5.91 Å². The molecule has 0 aromatic heterocycles. The minimum atomic E-state index is -0.382. The van der Waals surface area contributed by atoms with Crippen LogP contribution < -0.4 is 14.8 Å². The van der Waals surface area contributed by atoms with Gasteiger partial charge in [-0.1, -0.05) is 37.6 Å². The van der Waals surface area contributed by atoms with Crippen LogP contribution in [0.3, 0.4) is 0 Å². The van der Waals surface area contributed by atoms with E-state index in [4.69, 9.17) is 21.1 Å². The number of hydrogen-bond acceptors (Lipinski definition) is 4. The van der Waals surface area contributed by atoms with Crippen LogP contribution >= 0.6 is 11.6 Å². The van der Waals surface area contributed by atoms with Gasteiger partial charge in [0.2, 0.25) is 5.91 Å². The lowest BCUT2D eigenvalue weighted by Gasteiger charge is -2.21. The predicted octanol–water partition coefficient (Wildman–Crippen LogP) is 4.38. The Labute approximate surface area is 194 Å². The zero-order valence-corrected chi connectivity index (χ0v) is 19.8. The van der Waals surface area contributed by atoms with Crippen LogP contribution in [-0.4, -0.2) is 50.6 Å². The molecule has 0 unspecified atom stereocenters. The zero-order valence-electron chi connectivity index (χ0n) is 19.1. The lowest BCUT2D eigenvalue weighted by Crippen LogP contribution is -2.36. The van der Waals surface area contributed by atoms with Crippen molar-refractivity contribution < 1.29 is 19.1 Å². The van der Waals surface area contributed by atoms with Gasteiger partial charge in [-0.25, -0.2) is 0 Å². The van der Waals surface area contributed by atoms with Crippen LogP contribution in [0, 0.1) is 11.8 Å². The van der Waals surface area contributed by atoms with Gasteiger partial charge in [0, 0.05) is 47.8 Å². The number of nitrogens with one attached hydrogen (secondary N) is 1. The molecule has 2 aromatic rings. The van der Waals surface area contributed by atoms with Gasteiger partial charge in [-0.3, -0.25) is 9.59 Å². The Balaban J connectivity index is 1.89. The average Bonchev–Trinajstić information content (AvgIpc) is 3.23. The van der Waals surface area contributed by atoms with Crippen molar-refractivity contribution in [1.82, 2.24) is 10.2 Å². The Morgan fingerprint density at radius 3 is 2.56 bits per heavy atom. The molecule has 1 fully saturated rings. The minimum Gasteiger partial charge on any atom is -0.497 e. The van der Waals surface area contributed by atoms with E-state index in [1.807, 2.05) is 18.2 Å². The molecule has 1 aliphatic rings. The van der Waals surface area contributed by atoms with Crippen molar-refractivity contribution in [1.29, 1.82) is 0 Å². The fraction of sp³-hybridized carbons (Fsp3) is 0.440. The second kappa shape index (κ2) is 10.7. The lowest BCUT2D eigenvalue weighted by molar-refractivity contribution is -0.124. The maximum atomic E-state index is 13.2. The number of benzene rings is 2. The number of amides is 2. The second-order valence-electron chi connectivity index (χ2n) is 8.51. The molecular formula is C25H31ClN2O4. The van der Waals surface area contributed by atoms with E-state index in [1.54, 1.807) is 43.4 Å². The summed E-state index contributed by atoms with van der Waals surface area (Å²) in [6, 6.07) is 12.5. The largest absolute Gasteiger partial charge is 0.497 e. The number of methoxy groups -OCH3 is 2. The number of carbonyl (C=O) groups is 2. The van der Waals surface area contributed by atoms with Crippen molar-refractivity contribution >= 4 is 23.4 Å². The summed E-state index contributed by atoms with van der Waals surface area (Å²) < 4.78 is 10.9. The van der Waals surface area contributed by atoms with Gasteiger partial charge in [-0.15, -0.1) is 0 Å². The van der Waals surface area contributed by atoms with E-state index in [0.717, 1.165) is 12.0 Å². The molecule has 2 amide bonds. The van der Waals surface area contributed by atoms with E-state index < -0.39 is 0 Å². The molecule has 0 bridgehead atoms. The number of halogens is 1. The Morgan fingerprint density at radius 2 is 1.91 bits per heavy atom. The molecule has 0 saturated carbocycles. The Bertz CT molecular complexity index is 963. The molecule has 1 aliphatic heterocycles. The number of likely N-dealkylation sites (tertiary alicyclic amines) is 1. The number of nitrogens with zero attached hydrogens (tertiary/aromatic N) is 1. The summed E-state index contributed by atoms with van der Waals surface area (Å²) in [5, 5.41) is 3.57. The third kappa shape index (κ3) is 5.54. The molecule has 0 radical (unpaired) electrons. The monoisotopic (exact) mass is 458 g/mol. The van der Waals surface area contributed by atoms with Crippen molar-refractivity contribution in [2.24, 2.45) is 11.8 Å². The van der Waals surface area contributed by atoms with Gasteiger partial charge in [0.05, 0.1) is 20.1 Å². The molecule has 172 valence electrons. The quantitative estimate of drug-likeness (QED) is 0.637. The van der Waals surface area contributed by atoms with Crippen LogP contribution in [0.25, 0.3) is 0 Å². The van der Waals surface area contributed by atoms with Crippen LogP contribution in [0.1, 0.15) is 42.1 Å². The van der Waals surface area contributed by atoms with Crippen LogP contribution in [0.2, 0.25) is 5.02 Å². The Kier molecular flexibility index (Phi) is 8.02. The summed E-state index contributed by atoms with van der Waals surface area (Å²) in [6.45, 7) is 5.60.